The van der Waals surface area contributed by atoms with Crippen molar-refractivity contribution in [3.8, 4) is 0 Å². The number of furan rings is 1. The second kappa shape index (κ2) is 8.12. The molecule has 162 valence electrons. The van der Waals surface area contributed by atoms with Gasteiger partial charge in [0.25, 0.3) is 5.91 Å². The quantitative estimate of drug-likeness (QED) is 0.733. The van der Waals surface area contributed by atoms with Gasteiger partial charge in [-0.25, -0.2) is 4.79 Å². The van der Waals surface area contributed by atoms with Crippen LogP contribution >= 0.6 is 11.6 Å². The minimum absolute atomic E-state index is 0.133. The van der Waals surface area contributed by atoms with Crippen molar-refractivity contribution >= 4 is 40.2 Å². The van der Waals surface area contributed by atoms with Gasteiger partial charge in [0.05, 0.1) is 16.2 Å². The number of rotatable bonds is 5. The highest BCUT2D eigenvalue weighted by atomic mass is 35.5. The number of nitrogens with zero attached hydrogens (tertiary/aromatic N) is 2. The normalized spacial score (nSPS) is 17.7. The van der Waals surface area contributed by atoms with E-state index >= 15 is 0 Å². The van der Waals surface area contributed by atoms with Crippen LogP contribution in [0.5, 0.6) is 0 Å². The van der Waals surface area contributed by atoms with E-state index in [0.29, 0.717) is 35.1 Å². The van der Waals surface area contributed by atoms with Crippen molar-refractivity contribution in [1.29, 1.82) is 0 Å². The molecule has 8 heteroatoms. The second-order valence-corrected chi connectivity index (χ2v) is 8.95. The standard InChI is InChI=1S/C22H29ClN4O3/c1-4-27(11-10-26(2)3)20(28)16-13-14-12-15(23)18-17(19(14)30-16)22(25-21(29)24-18)8-6-5-7-9-22/h12-13H,4-11H2,1-3H3,(H2,24,25,29). The van der Waals surface area contributed by atoms with Gasteiger partial charge >= 0.3 is 6.03 Å². The fourth-order valence-electron chi connectivity index (χ4n) is 4.67. The molecule has 7 nitrogen and oxygen atoms in total. The summed E-state index contributed by atoms with van der Waals surface area (Å²) in [5, 5.41) is 7.25. The Balaban J connectivity index is 1.79. The summed E-state index contributed by atoms with van der Waals surface area (Å²) in [4.78, 5) is 29.3. The number of benzene rings is 1. The molecule has 2 aromatic rings. The molecule has 1 fully saturated rings. The molecule has 4 rings (SSSR count). The maximum Gasteiger partial charge on any atom is 0.319 e. The molecule has 1 aromatic carbocycles. The number of halogens is 1. The van der Waals surface area contributed by atoms with Gasteiger partial charge in [-0.2, -0.15) is 0 Å². The van der Waals surface area contributed by atoms with E-state index in [0.717, 1.165) is 49.6 Å². The summed E-state index contributed by atoms with van der Waals surface area (Å²) in [7, 11) is 3.97. The van der Waals surface area contributed by atoms with Crippen LogP contribution in [0.2, 0.25) is 5.02 Å². The third-order valence-electron chi connectivity index (χ3n) is 6.23. The monoisotopic (exact) mass is 432 g/mol. The average molecular weight is 433 g/mol. The Kier molecular flexibility index (Phi) is 5.68. The number of carbonyl (C=O) groups is 2. The zero-order valence-corrected chi connectivity index (χ0v) is 18.6. The van der Waals surface area contributed by atoms with Crippen LogP contribution in [-0.2, 0) is 5.54 Å². The van der Waals surface area contributed by atoms with Crippen molar-refractivity contribution in [3.63, 3.8) is 0 Å². The molecule has 2 heterocycles. The Morgan fingerprint density at radius 2 is 1.93 bits per heavy atom. The van der Waals surface area contributed by atoms with Crippen LogP contribution in [0, 0.1) is 0 Å². The maximum atomic E-state index is 13.1. The molecule has 0 atom stereocenters. The van der Waals surface area contributed by atoms with Crippen molar-refractivity contribution in [2.45, 2.75) is 44.6 Å². The van der Waals surface area contributed by atoms with Crippen LogP contribution in [0.3, 0.4) is 0 Å². The number of hydrogen-bond acceptors (Lipinski definition) is 4. The second-order valence-electron chi connectivity index (χ2n) is 8.55. The lowest BCUT2D eigenvalue weighted by Crippen LogP contribution is -2.52. The number of fused-ring (bicyclic) bond motifs is 4. The number of amides is 3. The van der Waals surface area contributed by atoms with Gasteiger partial charge < -0.3 is 24.9 Å². The third-order valence-corrected chi connectivity index (χ3v) is 6.53. The summed E-state index contributed by atoms with van der Waals surface area (Å²) in [6.07, 6.45) is 4.85. The van der Waals surface area contributed by atoms with Gasteiger partial charge in [0.15, 0.2) is 5.76 Å². The average Bonchev–Trinajstić information content (AvgIpc) is 3.12. The number of anilines is 1. The molecule has 1 spiro atoms. The van der Waals surface area contributed by atoms with Gasteiger partial charge in [-0.15, -0.1) is 0 Å². The van der Waals surface area contributed by atoms with Gasteiger partial charge in [0.1, 0.15) is 5.58 Å². The molecular weight excluding hydrogens is 404 g/mol. The van der Waals surface area contributed by atoms with E-state index in [2.05, 4.69) is 10.6 Å². The highest BCUT2D eigenvalue weighted by Crippen LogP contribution is 2.49. The zero-order valence-electron chi connectivity index (χ0n) is 17.8. The molecule has 1 aromatic heterocycles. The summed E-state index contributed by atoms with van der Waals surface area (Å²) in [5.74, 6) is 0.170. The highest BCUT2D eigenvalue weighted by Gasteiger charge is 2.44. The lowest BCUT2D eigenvalue weighted by atomic mass is 9.74. The van der Waals surface area contributed by atoms with Gasteiger partial charge in [-0.3, -0.25) is 4.79 Å². The Morgan fingerprint density at radius 1 is 1.20 bits per heavy atom. The van der Waals surface area contributed by atoms with E-state index < -0.39 is 5.54 Å². The molecule has 0 radical (unpaired) electrons. The number of hydrogen-bond donors (Lipinski definition) is 2. The fourth-order valence-corrected chi connectivity index (χ4v) is 4.93. The van der Waals surface area contributed by atoms with E-state index in [9.17, 15) is 9.59 Å². The van der Waals surface area contributed by atoms with Crippen molar-refractivity contribution in [2.75, 3.05) is 39.0 Å². The van der Waals surface area contributed by atoms with E-state index in [4.69, 9.17) is 16.0 Å². The summed E-state index contributed by atoms with van der Waals surface area (Å²) < 4.78 is 6.18. The zero-order chi connectivity index (χ0) is 21.5. The summed E-state index contributed by atoms with van der Waals surface area (Å²) in [6, 6.07) is 3.30. The molecule has 3 amide bonds. The molecule has 0 unspecified atom stereocenters. The van der Waals surface area contributed by atoms with Crippen LogP contribution in [-0.4, -0.2) is 55.5 Å². The summed E-state index contributed by atoms with van der Waals surface area (Å²) in [6.45, 7) is 3.97. The van der Waals surface area contributed by atoms with Crippen LogP contribution in [0.15, 0.2) is 16.5 Å². The number of urea groups is 1. The first-order valence-electron chi connectivity index (χ1n) is 10.6. The fraction of sp³-hybridized carbons (Fsp3) is 0.545. The molecule has 2 N–H and O–H groups in total. The SMILES string of the molecule is CCN(CCN(C)C)C(=O)c1cc2cc(Cl)c3c(c2o1)C1(CCCCC1)NC(=O)N3. The van der Waals surface area contributed by atoms with Gasteiger partial charge in [-0.1, -0.05) is 30.9 Å². The van der Waals surface area contributed by atoms with E-state index in [1.54, 1.807) is 17.0 Å². The third kappa shape index (κ3) is 3.65. The number of likely N-dealkylation sites (N-methyl/N-ethyl adjacent to an activating group) is 2. The lowest BCUT2D eigenvalue weighted by Gasteiger charge is -2.42. The molecule has 2 aliphatic rings. The largest absolute Gasteiger partial charge is 0.450 e. The van der Waals surface area contributed by atoms with Crippen LogP contribution in [0.25, 0.3) is 11.0 Å². The number of carbonyl (C=O) groups excluding carboxylic acids is 2. The maximum absolute atomic E-state index is 13.1. The van der Waals surface area contributed by atoms with Crippen LogP contribution in [0.1, 0.15) is 55.1 Å². The molecule has 30 heavy (non-hydrogen) atoms. The molecule has 1 aliphatic carbocycles. The van der Waals surface area contributed by atoms with E-state index in [1.165, 1.54) is 0 Å². The predicted molar refractivity (Wildman–Crippen MR) is 118 cm³/mol. The van der Waals surface area contributed by atoms with Crippen molar-refractivity contribution in [3.05, 3.63) is 28.5 Å². The smallest absolute Gasteiger partial charge is 0.319 e. The topological polar surface area (TPSA) is 77.8 Å². The Morgan fingerprint density at radius 3 is 2.60 bits per heavy atom. The Labute approximate surface area is 181 Å². The summed E-state index contributed by atoms with van der Waals surface area (Å²) in [5.41, 5.74) is 1.60. The van der Waals surface area contributed by atoms with Crippen molar-refractivity contribution in [1.82, 2.24) is 15.1 Å². The van der Waals surface area contributed by atoms with Crippen molar-refractivity contribution < 1.29 is 14.0 Å². The molecule has 0 bridgehead atoms. The Hall–Kier alpha value is -2.25. The first-order valence-corrected chi connectivity index (χ1v) is 11.0. The van der Waals surface area contributed by atoms with E-state index in [1.807, 2.05) is 25.9 Å². The molecule has 1 saturated carbocycles. The van der Waals surface area contributed by atoms with Gasteiger partial charge in [0, 0.05) is 30.6 Å². The molecule has 0 saturated heterocycles. The lowest BCUT2D eigenvalue weighted by molar-refractivity contribution is 0.0724. The van der Waals surface area contributed by atoms with Crippen LogP contribution < -0.4 is 10.6 Å². The van der Waals surface area contributed by atoms with Gasteiger partial charge in [0.2, 0.25) is 0 Å². The molecule has 1 aliphatic heterocycles. The minimum Gasteiger partial charge on any atom is -0.450 e. The Bertz CT molecular complexity index is 978. The minimum atomic E-state index is -0.507. The predicted octanol–water partition coefficient (Wildman–Crippen LogP) is 4.40. The number of nitrogens with one attached hydrogen (secondary N) is 2. The first-order chi connectivity index (χ1) is 14.3. The highest BCUT2D eigenvalue weighted by molar-refractivity contribution is 6.35. The summed E-state index contributed by atoms with van der Waals surface area (Å²) >= 11 is 6.57. The van der Waals surface area contributed by atoms with E-state index in [-0.39, 0.29) is 11.9 Å². The first kappa shape index (κ1) is 21.0. The van der Waals surface area contributed by atoms with Crippen molar-refractivity contribution in [2.24, 2.45) is 0 Å². The van der Waals surface area contributed by atoms with Gasteiger partial charge in [-0.05, 0) is 46.0 Å². The van der Waals surface area contributed by atoms with Crippen LogP contribution in [0.4, 0.5) is 10.5 Å². The molecular formula is C22H29ClN4O3.